The lowest BCUT2D eigenvalue weighted by Gasteiger charge is -2.24. The molecule has 2 saturated carbocycles. The predicted molar refractivity (Wildman–Crippen MR) is 117 cm³/mol. The maximum absolute atomic E-state index is 14.1. The third kappa shape index (κ3) is 5.80. The SMILES string of the molecule is CN=C(NCCCNC(=O)C1CCC1)NCC1(c2ccccc2F)CC1.I. The molecule has 150 valence electrons. The van der Waals surface area contributed by atoms with Gasteiger partial charge >= 0.3 is 0 Å². The van der Waals surface area contributed by atoms with Crippen molar-refractivity contribution in [1.82, 2.24) is 16.0 Å². The van der Waals surface area contributed by atoms with E-state index in [1.54, 1.807) is 13.1 Å². The van der Waals surface area contributed by atoms with Crippen molar-refractivity contribution in [2.24, 2.45) is 10.9 Å². The van der Waals surface area contributed by atoms with Crippen LogP contribution < -0.4 is 16.0 Å². The number of guanidine groups is 1. The van der Waals surface area contributed by atoms with E-state index < -0.39 is 0 Å². The molecular weight excluding hydrogens is 458 g/mol. The van der Waals surface area contributed by atoms with Crippen LogP contribution in [0.15, 0.2) is 29.3 Å². The van der Waals surface area contributed by atoms with Gasteiger partial charge in [0.2, 0.25) is 5.91 Å². The van der Waals surface area contributed by atoms with Gasteiger partial charge in [0.1, 0.15) is 5.82 Å². The van der Waals surface area contributed by atoms with Gasteiger partial charge in [0.05, 0.1) is 0 Å². The number of carbonyl (C=O) groups excluding carboxylic acids is 1. The van der Waals surface area contributed by atoms with Gasteiger partial charge in [-0.2, -0.15) is 0 Å². The Morgan fingerprint density at radius 3 is 2.48 bits per heavy atom. The van der Waals surface area contributed by atoms with E-state index in [9.17, 15) is 9.18 Å². The third-order valence-electron chi connectivity index (χ3n) is 5.54. The summed E-state index contributed by atoms with van der Waals surface area (Å²) in [6.07, 6.45) is 6.07. The summed E-state index contributed by atoms with van der Waals surface area (Å²) in [7, 11) is 1.73. The highest BCUT2D eigenvalue weighted by Crippen LogP contribution is 2.48. The molecule has 0 saturated heterocycles. The van der Waals surface area contributed by atoms with Crippen molar-refractivity contribution in [3.8, 4) is 0 Å². The van der Waals surface area contributed by atoms with Crippen LogP contribution in [0.4, 0.5) is 4.39 Å². The van der Waals surface area contributed by atoms with Gasteiger partial charge in [-0.15, -0.1) is 24.0 Å². The number of aliphatic imine (C=N–C) groups is 1. The second-order valence-corrected chi connectivity index (χ2v) is 7.39. The first-order valence-electron chi connectivity index (χ1n) is 9.62. The van der Waals surface area contributed by atoms with Gasteiger partial charge in [-0.3, -0.25) is 9.79 Å². The van der Waals surface area contributed by atoms with Crippen LogP contribution in [-0.4, -0.2) is 38.5 Å². The molecule has 2 fully saturated rings. The quantitative estimate of drug-likeness (QED) is 0.228. The molecule has 0 radical (unpaired) electrons. The number of amides is 1. The maximum atomic E-state index is 14.1. The van der Waals surface area contributed by atoms with Gasteiger partial charge in [-0.1, -0.05) is 24.6 Å². The van der Waals surface area contributed by atoms with Gasteiger partial charge in [0.25, 0.3) is 0 Å². The van der Waals surface area contributed by atoms with Crippen LogP contribution in [0.5, 0.6) is 0 Å². The second-order valence-electron chi connectivity index (χ2n) is 7.39. The zero-order valence-electron chi connectivity index (χ0n) is 15.9. The first-order chi connectivity index (χ1) is 12.6. The molecule has 1 aromatic rings. The zero-order chi connectivity index (χ0) is 18.4. The summed E-state index contributed by atoms with van der Waals surface area (Å²) >= 11 is 0. The molecule has 2 aliphatic carbocycles. The highest BCUT2D eigenvalue weighted by molar-refractivity contribution is 14.0. The molecule has 0 aromatic heterocycles. The minimum atomic E-state index is -0.128. The fourth-order valence-corrected chi connectivity index (χ4v) is 3.38. The minimum absolute atomic E-state index is 0. The molecule has 0 aliphatic heterocycles. The van der Waals surface area contributed by atoms with Crippen LogP contribution in [0.3, 0.4) is 0 Å². The van der Waals surface area contributed by atoms with Gasteiger partial charge in [-0.25, -0.2) is 4.39 Å². The molecule has 7 heteroatoms. The summed E-state index contributed by atoms with van der Waals surface area (Å²) in [6.45, 7) is 2.09. The minimum Gasteiger partial charge on any atom is -0.356 e. The standard InChI is InChI=1S/C20H29FN4O.HI/c1-22-19(24-13-5-12-23-18(26)15-6-4-7-15)25-14-20(10-11-20)16-8-2-3-9-17(16)21;/h2-3,8-9,15H,4-7,10-14H2,1H3,(H,23,26)(H2,22,24,25);1H. The van der Waals surface area contributed by atoms with Crippen molar-refractivity contribution in [3.63, 3.8) is 0 Å². The van der Waals surface area contributed by atoms with Crippen LogP contribution in [-0.2, 0) is 10.2 Å². The van der Waals surface area contributed by atoms with E-state index in [4.69, 9.17) is 0 Å². The van der Waals surface area contributed by atoms with Gasteiger partial charge in [0.15, 0.2) is 5.96 Å². The molecule has 2 aliphatic rings. The summed E-state index contributed by atoms with van der Waals surface area (Å²) < 4.78 is 14.1. The monoisotopic (exact) mass is 488 g/mol. The summed E-state index contributed by atoms with van der Waals surface area (Å²) in [5, 5.41) is 9.57. The Labute approximate surface area is 178 Å². The van der Waals surface area contributed by atoms with E-state index in [2.05, 4.69) is 20.9 Å². The average Bonchev–Trinajstić information content (AvgIpc) is 3.37. The number of halogens is 2. The molecule has 27 heavy (non-hydrogen) atoms. The zero-order valence-corrected chi connectivity index (χ0v) is 18.2. The molecule has 5 nitrogen and oxygen atoms in total. The molecule has 0 unspecified atom stereocenters. The maximum Gasteiger partial charge on any atom is 0.223 e. The summed E-state index contributed by atoms with van der Waals surface area (Å²) in [4.78, 5) is 16.0. The van der Waals surface area contributed by atoms with E-state index in [1.807, 2.05) is 12.1 Å². The van der Waals surface area contributed by atoms with Crippen LogP contribution in [0.1, 0.15) is 44.1 Å². The molecule has 3 N–H and O–H groups in total. The summed E-state index contributed by atoms with van der Waals surface area (Å²) in [5.74, 6) is 1.03. The highest BCUT2D eigenvalue weighted by atomic mass is 127. The number of rotatable bonds is 8. The molecule has 0 spiro atoms. The Hall–Kier alpha value is -1.38. The summed E-state index contributed by atoms with van der Waals surface area (Å²) in [5.41, 5.74) is 0.682. The van der Waals surface area contributed by atoms with Gasteiger partial charge in [-0.05, 0) is 43.7 Å². The van der Waals surface area contributed by atoms with E-state index in [0.717, 1.165) is 50.2 Å². The van der Waals surface area contributed by atoms with Gasteiger partial charge < -0.3 is 16.0 Å². The van der Waals surface area contributed by atoms with E-state index >= 15 is 0 Å². The molecule has 3 rings (SSSR count). The molecular formula is C20H30FIN4O. The fourth-order valence-electron chi connectivity index (χ4n) is 3.38. The smallest absolute Gasteiger partial charge is 0.223 e. The van der Waals surface area contributed by atoms with Crippen LogP contribution in [0, 0.1) is 11.7 Å². The predicted octanol–water partition coefficient (Wildman–Crippen LogP) is 2.95. The second kappa shape index (κ2) is 10.2. The normalized spacial score (nSPS) is 18.1. The first-order valence-corrected chi connectivity index (χ1v) is 9.62. The number of benzene rings is 1. The van der Waals surface area contributed by atoms with Crippen molar-refractivity contribution in [2.45, 2.75) is 43.9 Å². The van der Waals surface area contributed by atoms with E-state index in [-0.39, 0.29) is 47.0 Å². The molecule has 1 aromatic carbocycles. The molecule has 1 amide bonds. The number of hydrogen-bond acceptors (Lipinski definition) is 2. The Bertz CT molecular complexity index is 659. The molecule has 0 bridgehead atoms. The Morgan fingerprint density at radius 2 is 1.89 bits per heavy atom. The largest absolute Gasteiger partial charge is 0.356 e. The highest BCUT2D eigenvalue weighted by Gasteiger charge is 2.45. The van der Waals surface area contributed by atoms with Crippen molar-refractivity contribution in [3.05, 3.63) is 35.6 Å². The van der Waals surface area contributed by atoms with Crippen molar-refractivity contribution in [2.75, 3.05) is 26.7 Å². The number of carbonyl (C=O) groups is 1. The first kappa shape index (κ1) is 21.9. The lowest BCUT2D eigenvalue weighted by molar-refractivity contribution is -0.127. The number of nitrogens with one attached hydrogen (secondary N) is 3. The Morgan fingerprint density at radius 1 is 1.19 bits per heavy atom. The van der Waals surface area contributed by atoms with Crippen molar-refractivity contribution >= 4 is 35.8 Å². The lowest BCUT2D eigenvalue weighted by Crippen LogP contribution is -2.42. The Kier molecular flexibility index (Phi) is 8.31. The van der Waals surface area contributed by atoms with Crippen molar-refractivity contribution in [1.29, 1.82) is 0 Å². The number of nitrogens with zero attached hydrogens (tertiary/aromatic N) is 1. The van der Waals surface area contributed by atoms with Gasteiger partial charge in [0, 0.05) is 38.0 Å². The lowest BCUT2D eigenvalue weighted by atomic mass is 9.85. The average molecular weight is 488 g/mol. The topological polar surface area (TPSA) is 65.5 Å². The van der Waals surface area contributed by atoms with E-state index in [0.29, 0.717) is 13.1 Å². The summed E-state index contributed by atoms with van der Waals surface area (Å²) in [6, 6.07) is 7.03. The van der Waals surface area contributed by atoms with E-state index in [1.165, 1.54) is 12.5 Å². The van der Waals surface area contributed by atoms with Crippen LogP contribution in [0.2, 0.25) is 0 Å². The Balaban J connectivity index is 0.00000261. The third-order valence-corrected chi connectivity index (χ3v) is 5.54. The molecule has 0 atom stereocenters. The number of hydrogen-bond donors (Lipinski definition) is 3. The van der Waals surface area contributed by atoms with Crippen molar-refractivity contribution < 1.29 is 9.18 Å². The van der Waals surface area contributed by atoms with Crippen LogP contribution >= 0.6 is 24.0 Å². The molecule has 0 heterocycles. The van der Waals surface area contributed by atoms with Crippen LogP contribution in [0.25, 0.3) is 0 Å². The fraction of sp³-hybridized carbons (Fsp3) is 0.600.